The van der Waals surface area contributed by atoms with E-state index in [9.17, 15) is 0 Å². The summed E-state index contributed by atoms with van der Waals surface area (Å²) in [5.74, 6) is 0. The molecular weight excluding hydrogens is 757 g/mol. The van der Waals surface area contributed by atoms with E-state index in [4.69, 9.17) is 4.42 Å². The molecule has 3 heterocycles. The summed E-state index contributed by atoms with van der Waals surface area (Å²) in [6, 6.07) is 50.0. The Morgan fingerprint density at radius 2 is 1.33 bits per heavy atom. The van der Waals surface area contributed by atoms with Gasteiger partial charge in [-0.2, -0.15) is 0 Å². The van der Waals surface area contributed by atoms with Crippen molar-refractivity contribution in [2.24, 2.45) is 0 Å². The maximum Gasteiger partial charge on any atom is 0.121 e. The third-order valence-corrected chi connectivity index (χ3v) is 10.1. The van der Waals surface area contributed by atoms with Gasteiger partial charge in [0.25, 0.3) is 0 Å². The van der Waals surface area contributed by atoms with Crippen LogP contribution in [0.4, 0.5) is 0 Å². The van der Waals surface area contributed by atoms with E-state index < -0.39 is 8.07 Å². The monoisotopic (exact) mass is 789 g/mol. The van der Waals surface area contributed by atoms with Crippen molar-refractivity contribution in [3.05, 3.63) is 152 Å². The van der Waals surface area contributed by atoms with Crippen molar-refractivity contribution in [1.82, 2.24) is 9.97 Å². The summed E-state index contributed by atoms with van der Waals surface area (Å²) in [7, 11) is -1.23. The van der Waals surface area contributed by atoms with Crippen molar-refractivity contribution in [2.75, 3.05) is 0 Å². The van der Waals surface area contributed by atoms with Gasteiger partial charge in [-0.15, -0.1) is 59.7 Å². The van der Waals surface area contributed by atoms with E-state index in [0.717, 1.165) is 55.4 Å². The first-order valence-electron chi connectivity index (χ1n) is 15.1. The van der Waals surface area contributed by atoms with Crippen molar-refractivity contribution in [3.8, 4) is 33.6 Å². The SMILES string of the molecule is C[Si](C)(C)c1ccc(-c2[c-]cccc2)nc1.[Ir].[c-]1cc2oc3cc(-c4ccccc4)ccc3c2cc1-c1cc2ccccc2cn1. The molecule has 5 aromatic carbocycles. The van der Waals surface area contributed by atoms with Gasteiger partial charge in [0.1, 0.15) is 5.58 Å². The van der Waals surface area contributed by atoms with Gasteiger partial charge in [-0.3, -0.25) is 0 Å². The summed E-state index contributed by atoms with van der Waals surface area (Å²) in [6.45, 7) is 7.00. The number of hydrogen-bond acceptors (Lipinski definition) is 3. The minimum atomic E-state index is -1.23. The Hall–Kier alpha value is -4.67. The van der Waals surface area contributed by atoms with E-state index in [1.807, 2.05) is 60.9 Å². The van der Waals surface area contributed by atoms with Crippen LogP contribution in [0.3, 0.4) is 0 Å². The number of benzene rings is 5. The van der Waals surface area contributed by atoms with E-state index in [1.165, 1.54) is 16.1 Å². The Bertz CT molecular complexity index is 2240. The Labute approximate surface area is 284 Å². The molecule has 227 valence electrons. The molecule has 8 aromatic rings. The van der Waals surface area contributed by atoms with Gasteiger partial charge in [-0.1, -0.05) is 110 Å². The molecule has 3 nitrogen and oxygen atoms in total. The van der Waals surface area contributed by atoms with Crippen molar-refractivity contribution in [2.45, 2.75) is 19.6 Å². The first-order valence-corrected chi connectivity index (χ1v) is 18.6. The van der Waals surface area contributed by atoms with Crippen molar-refractivity contribution >= 4 is 46.0 Å². The Morgan fingerprint density at radius 3 is 2.07 bits per heavy atom. The number of rotatable bonds is 4. The molecule has 0 fully saturated rings. The van der Waals surface area contributed by atoms with Crippen LogP contribution in [0.5, 0.6) is 0 Å². The van der Waals surface area contributed by atoms with Gasteiger partial charge in [0.05, 0.1) is 13.7 Å². The quantitative estimate of drug-likeness (QED) is 0.132. The standard InChI is InChI=1S/C27H16NO.C14H16NSi.Ir/c1-2-6-18(7-3-1)20-10-12-23-24-14-21(11-13-26(24)29-27(23)16-20)25-15-19-8-4-5-9-22(19)17-28-25;1-16(2,3)13-9-10-14(15-11-13)12-7-5-4-6-8-12;/h1-10,12-17H;4-7,9-11H,1-3H3;/q2*-1;. The molecule has 5 heteroatoms. The number of fused-ring (bicyclic) bond motifs is 4. The molecule has 0 bridgehead atoms. The van der Waals surface area contributed by atoms with Crippen LogP contribution in [0.2, 0.25) is 19.6 Å². The van der Waals surface area contributed by atoms with Gasteiger partial charge in [-0.25, -0.2) is 0 Å². The molecule has 8 rings (SSSR count). The van der Waals surface area contributed by atoms with Crippen LogP contribution in [-0.2, 0) is 20.1 Å². The fourth-order valence-electron chi connectivity index (χ4n) is 5.46. The maximum absolute atomic E-state index is 6.12. The molecule has 0 aliphatic carbocycles. The van der Waals surface area contributed by atoms with E-state index in [0.29, 0.717) is 0 Å². The molecule has 0 saturated heterocycles. The molecule has 1 radical (unpaired) electrons. The molecule has 0 unspecified atom stereocenters. The zero-order valence-corrected chi connectivity index (χ0v) is 29.3. The van der Waals surface area contributed by atoms with Gasteiger partial charge in [0.2, 0.25) is 0 Å². The summed E-state index contributed by atoms with van der Waals surface area (Å²) in [5.41, 5.74) is 8.01. The first-order chi connectivity index (χ1) is 21.9. The Morgan fingerprint density at radius 1 is 0.565 bits per heavy atom. The minimum Gasteiger partial charge on any atom is -0.500 e. The van der Waals surface area contributed by atoms with Crippen LogP contribution < -0.4 is 5.19 Å². The second kappa shape index (κ2) is 13.4. The molecule has 0 saturated carbocycles. The second-order valence-electron chi connectivity index (χ2n) is 12.2. The topological polar surface area (TPSA) is 38.9 Å². The zero-order chi connectivity index (χ0) is 30.8. The fourth-order valence-corrected chi connectivity index (χ4v) is 6.49. The predicted molar refractivity (Wildman–Crippen MR) is 190 cm³/mol. The van der Waals surface area contributed by atoms with Crippen molar-refractivity contribution < 1.29 is 24.5 Å². The fraction of sp³-hybridized carbons (Fsp3) is 0.0732. The Kier molecular flexibility index (Phi) is 9.09. The van der Waals surface area contributed by atoms with Crippen LogP contribution >= 0.6 is 0 Å². The molecule has 3 aromatic heterocycles. The molecular formula is C41H32IrN2OSi-2. The van der Waals surface area contributed by atoms with Gasteiger partial charge < -0.3 is 14.4 Å². The summed E-state index contributed by atoms with van der Waals surface area (Å²) in [4.78, 5) is 9.16. The molecule has 0 N–H and O–H groups in total. The number of aromatic nitrogens is 2. The normalized spacial score (nSPS) is 11.2. The maximum atomic E-state index is 6.12. The van der Waals surface area contributed by atoms with Gasteiger partial charge in [0.15, 0.2) is 0 Å². The number of hydrogen-bond donors (Lipinski definition) is 0. The summed E-state index contributed by atoms with van der Waals surface area (Å²) < 4.78 is 6.12. The van der Waals surface area contributed by atoms with Gasteiger partial charge in [0, 0.05) is 37.9 Å². The molecule has 0 atom stereocenters. The van der Waals surface area contributed by atoms with Crippen molar-refractivity contribution in [3.63, 3.8) is 0 Å². The van der Waals surface area contributed by atoms with Crippen LogP contribution in [0.1, 0.15) is 0 Å². The number of pyridine rings is 2. The second-order valence-corrected chi connectivity index (χ2v) is 17.3. The van der Waals surface area contributed by atoms with Crippen LogP contribution in [0.15, 0.2) is 144 Å². The smallest absolute Gasteiger partial charge is 0.121 e. The number of nitrogens with zero attached hydrogens (tertiary/aromatic N) is 2. The predicted octanol–water partition coefficient (Wildman–Crippen LogP) is 10.4. The average molecular weight is 789 g/mol. The van der Waals surface area contributed by atoms with E-state index >= 15 is 0 Å². The van der Waals surface area contributed by atoms with Crippen LogP contribution in [0, 0.1) is 12.1 Å². The third kappa shape index (κ3) is 6.63. The number of furan rings is 1. The van der Waals surface area contributed by atoms with Crippen LogP contribution in [0.25, 0.3) is 66.4 Å². The first kappa shape index (κ1) is 31.3. The summed E-state index contributed by atoms with van der Waals surface area (Å²) >= 11 is 0. The van der Waals surface area contributed by atoms with E-state index in [2.05, 4.69) is 121 Å². The van der Waals surface area contributed by atoms with E-state index in [1.54, 1.807) is 0 Å². The zero-order valence-electron chi connectivity index (χ0n) is 25.9. The van der Waals surface area contributed by atoms with Gasteiger partial charge in [-0.05, 0) is 44.5 Å². The summed E-state index contributed by atoms with van der Waals surface area (Å²) in [5, 5.41) is 5.90. The molecule has 0 spiro atoms. The molecule has 46 heavy (non-hydrogen) atoms. The third-order valence-electron chi connectivity index (χ3n) is 8.03. The molecule has 0 amide bonds. The minimum absolute atomic E-state index is 0. The average Bonchev–Trinajstić information content (AvgIpc) is 3.46. The molecule has 0 aliphatic rings. The van der Waals surface area contributed by atoms with Crippen molar-refractivity contribution in [1.29, 1.82) is 0 Å². The Balaban J connectivity index is 0.000000187. The van der Waals surface area contributed by atoms with Gasteiger partial charge >= 0.3 is 0 Å². The molecule has 0 aliphatic heterocycles. The van der Waals surface area contributed by atoms with E-state index in [-0.39, 0.29) is 20.1 Å². The van der Waals surface area contributed by atoms with Crippen LogP contribution in [-0.4, -0.2) is 18.0 Å². The summed E-state index contributed by atoms with van der Waals surface area (Å²) in [6.07, 6.45) is 3.94. The largest absolute Gasteiger partial charge is 0.500 e.